The van der Waals surface area contributed by atoms with Gasteiger partial charge in [0.25, 0.3) is 0 Å². The third-order valence-electron chi connectivity index (χ3n) is 4.65. The Kier molecular flexibility index (Phi) is 4.48. The van der Waals surface area contributed by atoms with E-state index >= 15 is 0 Å². The van der Waals surface area contributed by atoms with Crippen LogP contribution in [0.5, 0.6) is 5.75 Å². The van der Waals surface area contributed by atoms with Crippen molar-refractivity contribution in [2.24, 2.45) is 5.73 Å². The molecule has 116 valence electrons. The number of aryl methyl sites for hydroxylation is 1. The Morgan fingerprint density at radius 1 is 1.29 bits per heavy atom. The van der Waals surface area contributed by atoms with E-state index in [0.29, 0.717) is 6.54 Å². The SMILES string of the molecule is Cc1cccc(CN)c1OC1CCOC2(CCOCC2)C1. The van der Waals surface area contributed by atoms with Gasteiger partial charge in [-0.2, -0.15) is 0 Å². The third-order valence-corrected chi connectivity index (χ3v) is 4.65. The molecule has 4 heteroatoms. The molecule has 2 fully saturated rings. The average Bonchev–Trinajstić information content (AvgIpc) is 2.50. The van der Waals surface area contributed by atoms with Crippen LogP contribution in [0.15, 0.2) is 18.2 Å². The summed E-state index contributed by atoms with van der Waals surface area (Å²) in [4.78, 5) is 0. The molecule has 2 aliphatic rings. The standard InChI is InChI=1S/C17H25NO3/c1-13-3-2-4-14(12-18)16(13)21-15-5-8-20-17(11-15)6-9-19-10-7-17/h2-4,15H,5-12,18H2,1H3. The van der Waals surface area contributed by atoms with Crippen molar-refractivity contribution < 1.29 is 14.2 Å². The predicted octanol–water partition coefficient (Wildman–Crippen LogP) is 2.56. The van der Waals surface area contributed by atoms with Gasteiger partial charge in [-0.3, -0.25) is 0 Å². The zero-order valence-corrected chi connectivity index (χ0v) is 12.8. The molecule has 0 radical (unpaired) electrons. The van der Waals surface area contributed by atoms with Gasteiger partial charge in [0.2, 0.25) is 0 Å². The molecule has 0 bridgehead atoms. The minimum Gasteiger partial charge on any atom is -0.490 e. The number of para-hydroxylation sites is 1. The molecule has 4 nitrogen and oxygen atoms in total. The van der Waals surface area contributed by atoms with Crippen molar-refractivity contribution in [3.63, 3.8) is 0 Å². The van der Waals surface area contributed by atoms with Crippen molar-refractivity contribution in [1.29, 1.82) is 0 Å². The van der Waals surface area contributed by atoms with Crippen LogP contribution in [0.3, 0.4) is 0 Å². The van der Waals surface area contributed by atoms with Crippen LogP contribution in [0.4, 0.5) is 0 Å². The summed E-state index contributed by atoms with van der Waals surface area (Å²) < 4.78 is 17.9. The second kappa shape index (κ2) is 6.34. The van der Waals surface area contributed by atoms with Crippen LogP contribution >= 0.6 is 0 Å². The van der Waals surface area contributed by atoms with Gasteiger partial charge in [0.1, 0.15) is 11.9 Å². The summed E-state index contributed by atoms with van der Waals surface area (Å²) in [6.07, 6.45) is 4.06. The van der Waals surface area contributed by atoms with E-state index in [-0.39, 0.29) is 11.7 Å². The quantitative estimate of drug-likeness (QED) is 0.930. The topological polar surface area (TPSA) is 53.7 Å². The van der Waals surface area contributed by atoms with Crippen molar-refractivity contribution in [3.8, 4) is 5.75 Å². The van der Waals surface area contributed by atoms with E-state index in [1.807, 2.05) is 12.1 Å². The second-order valence-corrected chi connectivity index (χ2v) is 6.14. The van der Waals surface area contributed by atoms with Crippen LogP contribution in [0.2, 0.25) is 0 Å². The van der Waals surface area contributed by atoms with Crippen LogP contribution in [0.1, 0.15) is 36.8 Å². The summed E-state index contributed by atoms with van der Waals surface area (Å²) in [5, 5.41) is 0. The van der Waals surface area contributed by atoms with Crippen molar-refractivity contribution in [2.75, 3.05) is 19.8 Å². The van der Waals surface area contributed by atoms with E-state index in [2.05, 4.69) is 13.0 Å². The number of hydrogen-bond acceptors (Lipinski definition) is 4. The monoisotopic (exact) mass is 291 g/mol. The number of nitrogens with two attached hydrogens (primary N) is 1. The Labute approximate surface area is 126 Å². The summed E-state index contributed by atoms with van der Waals surface area (Å²) in [5.74, 6) is 0.967. The number of rotatable bonds is 3. The lowest BCUT2D eigenvalue weighted by Crippen LogP contribution is -2.47. The van der Waals surface area contributed by atoms with Gasteiger partial charge in [0.15, 0.2) is 0 Å². The van der Waals surface area contributed by atoms with Gasteiger partial charge >= 0.3 is 0 Å². The molecule has 1 unspecified atom stereocenters. The Hall–Kier alpha value is -1.10. The molecule has 21 heavy (non-hydrogen) atoms. The third kappa shape index (κ3) is 3.23. The molecule has 2 N–H and O–H groups in total. The molecule has 1 atom stereocenters. The Bertz CT molecular complexity index is 477. The molecular formula is C17H25NO3. The molecule has 3 rings (SSSR count). The maximum absolute atomic E-state index is 6.33. The van der Waals surface area contributed by atoms with Crippen LogP contribution in [0, 0.1) is 6.92 Å². The highest BCUT2D eigenvalue weighted by Crippen LogP contribution is 2.36. The molecule has 0 amide bonds. The van der Waals surface area contributed by atoms with Crippen LogP contribution in [-0.2, 0) is 16.0 Å². The maximum Gasteiger partial charge on any atom is 0.127 e. The van der Waals surface area contributed by atoms with E-state index in [9.17, 15) is 0 Å². The molecule has 0 aromatic heterocycles. The number of hydrogen-bond donors (Lipinski definition) is 1. The highest BCUT2D eigenvalue weighted by molar-refractivity contribution is 5.40. The minimum absolute atomic E-state index is 0.0350. The number of ether oxygens (including phenoxy) is 3. The summed E-state index contributed by atoms with van der Waals surface area (Å²) in [5.41, 5.74) is 8.05. The van der Waals surface area contributed by atoms with Gasteiger partial charge in [-0.05, 0) is 25.3 Å². The highest BCUT2D eigenvalue weighted by Gasteiger charge is 2.40. The van der Waals surface area contributed by atoms with E-state index in [1.165, 1.54) is 0 Å². The van der Waals surface area contributed by atoms with Crippen LogP contribution in [-0.4, -0.2) is 31.5 Å². The van der Waals surface area contributed by atoms with Crippen molar-refractivity contribution in [2.45, 2.75) is 50.9 Å². The summed E-state index contributed by atoms with van der Waals surface area (Å²) in [6.45, 7) is 4.96. The van der Waals surface area contributed by atoms with E-state index in [0.717, 1.165) is 62.4 Å². The smallest absolute Gasteiger partial charge is 0.127 e. The van der Waals surface area contributed by atoms with Crippen LogP contribution < -0.4 is 10.5 Å². The molecule has 0 saturated carbocycles. The van der Waals surface area contributed by atoms with Crippen molar-refractivity contribution >= 4 is 0 Å². The lowest BCUT2D eigenvalue weighted by molar-refractivity contribution is -0.155. The Balaban J connectivity index is 1.73. The molecular weight excluding hydrogens is 266 g/mol. The Morgan fingerprint density at radius 3 is 2.86 bits per heavy atom. The first kappa shape index (κ1) is 14.8. The van der Waals surface area contributed by atoms with Gasteiger partial charge in [-0.25, -0.2) is 0 Å². The lowest BCUT2D eigenvalue weighted by Gasteiger charge is -2.43. The fourth-order valence-electron chi connectivity index (χ4n) is 3.38. The summed E-state index contributed by atoms with van der Waals surface area (Å²) >= 11 is 0. The second-order valence-electron chi connectivity index (χ2n) is 6.14. The fourth-order valence-corrected chi connectivity index (χ4v) is 3.38. The van der Waals surface area contributed by atoms with Crippen LogP contribution in [0.25, 0.3) is 0 Å². The first-order valence-corrected chi connectivity index (χ1v) is 7.89. The molecule has 2 heterocycles. The molecule has 2 saturated heterocycles. The predicted molar refractivity (Wildman–Crippen MR) is 81.5 cm³/mol. The minimum atomic E-state index is -0.0350. The summed E-state index contributed by atoms with van der Waals surface area (Å²) in [7, 11) is 0. The first-order valence-electron chi connectivity index (χ1n) is 7.89. The van der Waals surface area contributed by atoms with Gasteiger partial charge in [0.05, 0.1) is 12.2 Å². The summed E-state index contributed by atoms with van der Waals surface area (Å²) in [6, 6.07) is 6.16. The normalized spacial score (nSPS) is 25.0. The van der Waals surface area contributed by atoms with Crippen molar-refractivity contribution in [1.82, 2.24) is 0 Å². The average molecular weight is 291 g/mol. The van der Waals surface area contributed by atoms with E-state index in [4.69, 9.17) is 19.9 Å². The zero-order valence-electron chi connectivity index (χ0n) is 12.8. The molecule has 1 spiro atoms. The Morgan fingerprint density at radius 2 is 2.10 bits per heavy atom. The van der Waals surface area contributed by atoms with E-state index < -0.39 is 0 Å². The van der Waals surface area contributed by atoms with E-state index in [1.54, 1.807) is 0 Å². The fraction of sp³-hybridized carbons (Fsp3) is 0.647. The zero-order chi connectivity index (χ0) is 14.7. The van der Waals surface area contributed by atoms with Gasteiger partial charge in [-0.15, -0.1) is 0 Å². The molecule has 1 aromatic rings. The highest BCUT2D eigenvalue weighted by atomic mass is 16.5. The van der Waals surface area contributed by atoms with Crippen molar-refractivity contribution in [3.05, 3.63) is 29.3 Å². The maximum atomic E-state index is 6.33. The lowest BCUT2D eigenvalue weighted by atomic mass is 9.85. The largest absolute Gasteiger partial charge is 0.490 e. The molecule has 0 aliphatic carbocycles. The first-order chi connectivity index (χ1) is 10.2. The molecule has 1 aromatic carbocycles. The molecule has 2 aliphatic heterocycles. The van der Waals surface area contributed by atoms with Gasteiger partial charge < -0.3 is 19.9 Å². The van der Waals surface area contributed by atoms with Gasteiger partial charge in [-0.1, -0.05) is 18.2 Å². The van der Waals surface area contributed by atoms with Gasteiger partial charge in [0, 0.05) is 38.2 Å². The number of benzene rings is 1.